The van der Waals surface area contributed by atoms with Crippen LogP contribution in [0, 0.1) is 0 Å². The van der Waals surface area contributed by atoms with E-state index in [4.69, 9.17) is 16.2 Å². The summed E-state index contributed by atoms with van der Waals surface area (Å²) in [7, 11) is 0. The van der Waals surface area contributed by atoms with Gasteiger partial charge in [0.05, 0.1) is 18.0 Å². The summed E-state index contributed by atoms with van der Waals surface area (Å²) in [5.74, 6) is -0.467. The first-order valence-electron chi connectivity index (χ1n) is 6.12. The Hall–Kier alpha value is -1.75. The molecule has 4 N–H and O–H groups in total. The predicted octanol–water partition coefficient (Wildman–Crippen LogP) is 1.23. The van der Waals surface area contributed by atoms with Gasteiger partial charge in [0.2, 0.25) is 5.91 Å². The Bertz CT molecular complexity index is 407. The Labute approximate surface area is 108 Å². The fourth-order valence-electron chi connectivity index (χ4n) is 1.76. The van der Waals surface area contributed by atoms with Crippen LogP contribution in [0.15, 0.2) is 18.2 Å². The first-order chi connectivity index (χ1) is 8.60. The number of carbonyl (C=O) groups is 1. The number of likely N-dealkylation sites (N-methyl/N-ethyl adjacent to an activating group) is 1. The zero-order chi connectivity index (χ0) is 13.5. The lowest BCUT2D eigenvalue weighted by Gasteiger charge is -2.24. The van der Waals surface area contributed by atoms with Crippen molar-refractivity contribution >= 4 is 17.3 Å². The van der Waals surface area contributed by atoms with Crippen LogP contribution in [0.25, 0.3) is 0 Å². The largest absolute Gasteiger partial charge is 0.397 e. The maximum Gasteiger partial charge on any atom is 0.248 e. The van der Waals surface area contributed by atoms with Crippen molar-refractivity contribution in [1.82, 2.24) is 0 Å². The summed E-state index contributed by atoms with van der Waals surface area (Å²) in [6.45, 7) is 6.96. The maximum atomic E-state index is 11.0. The van der Waals surface area contributed by atoms with Gasteiger partial charge in [-0.2, -0.15) is 0 Å². The van der Waals surface area contributed by atoms with E-state index in [2.05, 4.69) is 4.90 Å². The standard InChI is InChI=1S/C13H21N3O2/c1-3-16(7-8-18-4-2)12-6-5-10(13(15)17)9-11(12)14/h5-6,9H,3-4,7-8,14H2,1-2H3,(H2,15,17). The summed E-state index contributed by atoms with van der Waals surface area (Å²) in [5.41, 5.74) is 13.1. The van der Waals surface area contributed by atoms with Crippen molar-refractivity contribution in [2.45, 2.75) is 13.8 Å². The molecule has 0 aliphatic carbocycles. The van der Waals surface area contributed by atoms with Crippen LogP contribution >= 0.6 is 0 Å². The molecule has 0 radical (unpaired) electrons. The van der Waals surface area contributed by atoms with Gasteiger partial charge in [0.1, 0.15) is 0 Å². The van der Waals surface area contributed by atoms with Gasteiger partial charge in [-0.15, -0.1) is 0 Å². The quantitative estimate of drug-likeness (QED) is 0.564. The maximum absolute atomic E-state index is 11.0. The van der Waals surface area contributed by atoms with Crippen LogP contribution in [0.2, 0.25) is 0 Å². The van der Waals surface area contributed by atoms with Gasteiger partial charge >= 0.3 is 0 Å². The van der Waals surface area contributed by atoms with Gasteiger partial charge in [0, 0.05) is 25.3 Å². The van der Waals surface area contributed by atoms with Gasteiger partial charge < -0.3 is 21.1 Å². The van der Waals surface area contributed by atoms with E-state index in [1.165, 1.54) is 0 Å². The predicted molar refractivity (Wildman–Crippen MR) is 73.8 cm³/mol. The van der Waals surface area contributed by atoms with E-state index >= 15 is 0 Å². The smallest absolute Gasteiger partial charge is 0.248 e. The molecule has 100 valence electrons. The van der Waals surface area contributed by atoms with Crippen molar-refractivity contribution in [2.24, 2.45) is 5.73 Å². The summed E-state index contributed by atoms with van der Waals surface area (Å²) in [6.07, 6.45) is 0. The molecular formula is C13H21N3O2. The molecule has 0 saturated carbocycles. The van der Waals surface area contributed by atoms with Gasteiger partial charge in [-0.05, 0) is 32.0 Å². The molecule has 0 fully saturated rings. The van der Waals surface area contributed by atoms with Crippen molar-refractivity contribution in [3.63, 3.8) is 0 Å². The molecule has 1 amide bonds. The van der Waals surface area contributed by atoms with Gasteiger partial charge in [-0.1, -0.05) is 0 Å². The van der Waals surface area contributed by atoms with Crippen LogP contribution in [0.5, 0.6) is 0 Å². The first kappa shape index (κ1) is 14.3. The Morgan fingerprint density at radius 3 is 2.61 bits per heavy atom. The molecule has 1 rings (SSSR count). The lowest BCUT2D eigenvalue weighted by Crippen LogP contribution is -2.28. The highest BCUT2D eigenvalue weighted by Crippen LogP contribution is 2.24. The Balaban J connectivity index is 2.82. The van der Waals surface area contributed by atoms with Crippen LogP contribution < -0.4 is 16.4 Å². The number of hydrogen-bond acceptors (Lipinski definition) is 4. The fraction of sp³-hybridized carbons (Fsp3) is 0.462. The van der Waals surface area contributed by atoms with Crippen molar-refractivity contribution in [3.8, 4) is 0 Å². The number of amides is 1. The molecule has 0 aliphatic rings. The molecule has 5 heteroatoms. The van der Waals surface area contributed by atoms with E-state index < -0.39 is 5.91 Å². The van der Waals surface area contributed by atoms with Gasteiger partial charge in [0.25, 0.3) is 0 Å². The van der Waals surface area contributed by atoms with E-state index in [-0.39, 0.29) is 0 Å². The number of ether oxygens (including phenoxy) is 1. The third kappa shape index (κ3) is 3.63. The Kier molecular flexibility index (Phi) is 5.45. The van der Waals surface area contributed by atoms with Gasteiger partial charge in [0.15, 0.2) is 0 Å². The summed E-state index contributed by atoms with van der Waals surface area (Å²) in [6, 6.07) is 5.13. The second-order valence-electron chi connectivity index (χ2n) is 3.91. The van der Waals surface area contributed by atoms with Crippen molar-refractivity contribution < 1.29 is 9.53 Å². The number of rotatable bonds is 7. The number of anilines is 2. The molecule has 0 atom stereocenters. The molecule has 0 bridgehead atoms. The van der Waals surface area contributed by atoms with E-state index in [0.29, 0.717) is 24.5 Å². The van der Waals surface area contributed by atoms with Crippen LogP contribution in [0.4, 0.5) is 11.4 Å². The second-order valence-corrected chi connectivity index (χ2v) is 3.91. The SMILES string of the molecule is CCOCCN(CC)c1ccc(C(N)=O)cc1N. The summed E-state index contributed by atoms with van der Waals surface area (Å²) >= 11 is 0. The molecule has 0 heterocycles. The number of benzene rings is 1. The number of nitrogen functional groups attached to an aromatic ring is 1. The third-order valence-electron chi connectivity index (χ3n) is 2.74. The molecule has 0 aromatic heterocycles. The van der Waals surface area contributed by atoms with Gasteiger partial charge in [-0.25, -0.2) is 0 Å². The van der Waals surface area contributed by atoms with Crippen molar-refractivity contribution in [3.05, 3.63) is 23.8 Å². The van der Waals surface area contributed by atoms with E-state index in [1.807, 2.05) is 19.9 Å². The van der Waals surface area contributed by atoms with E-state index in [9.17, 15) is 4.79 Å². The number of nitrogens with zero attached hydrogens (tertiary/aromatic N) is 1. The molecule has 0 unspecified atom stereocenters. The highest BCUT2D eigenvalue weighted by atomic mass is 16.5. The average Bonchev–Trinajstić information content (AvgIpc) is 2.35. The summed E-state index contributed by atoms with van der Waals surface area (Å²) in [5, 5.41) is 0. The van der Waals surface area contributed by atoms with Crippen molar-refractivity contribution in [1.29, 1.82) is 0 Å². The molecular weight excluding hydrogens is 230 g/mol. The zero-order valence-electron chi connectivity index (χ0n) is 11.0. The number of nitrogens with two attached hydrogens (primary N) is 2. The normalized spacial score (nSPS) is 10.3. The number of carbonyl (C=O) groups excluding carboxylic acids is 1. The lowest BCUT2D eigenvalue weighted by atomic mass is 10.1. The van der Waals surface area contributed by atoms with Crippen molar-refractivity contribution in [2.75, 3.05) is 36.9 Å². The van der Waals surface area contributed by atoms with Crippen LogP contribution in [-0.4, -0.2) is 32.2 Å². The molecule has 0 aliphatic heterocycles. The molecule has 0 saturated heterocycles. The Morgan fingerprint density at radius 2 is 2.11 bits per heavy atom. The van der Waals surface area contributed by atoms with E-state index in [1.54, 1.807) is 12.1 Å². The lowest BCUT2D eigenvalue weighted by molar-refractivity contribution is 0.100. The topological polar surface area (TPSA) is 81.6 Å². The first-order valence-corrected chi connectivity index (χ1v) is 6.12. The number of hydrogen-bond donors (Lipinski definition) is 2. The highest BCUT2D eigenvalue weighted by molar-refractivity contribution is 5.94. The highest BCUT2D eigenvalue weighted by Gasteiger charge is 2.10. The molecule has 18 heavy (non-hydrogen) atoms. The van der Waals surface area contributed by atoms with Crippen LogP contribution in [0.3, 0.4) is 0 Å². The molecule has 1 aromatic rings. The van der Waals surface area contributed by atoms with Crippen LogP contribution in [0.1, 0.15) is 24.2 Å². The minimum Gasteiger partial charge on any atom is -0.397 e. The molecule has 1 aromatic carbocycles. The minimum absolute atomic E-state index is 0.428. The monoisotopic (exact) mass is 251 g/mol. The second kappa shape index (κ2) is 6.86. The number of primary amides is 1. The summed E-state index contributed by atoms with van der Waals surface area (Å²) in [4.78, 5) is 13.2. The third-order valence-corrected chi connectivity index (χ3v) is 2.74. The average molecular weight is 251 g/mol. The van der Waals surface area contributed by atoms with Gasteiger partial charge in [-0.3, -0.25) is 4.79 Å². The zero-order valence-corrected chi connectivity index (χ0v) is 11.0. The minimum atomic E-state index is -0.467. The van der Waals surface area contributed by atoms with E-state index in [0.717, 1.165) is 18.8 Å². The fourth-order valence-corrected chi connectivity index (χ4v) is 1.76. The Morgan fingerprint density at radius 1 is 1.39 bits per heavy atom. The molecule has 0 spiro atoms. The molecule has 5 nitrogen and oxygen atoms in total. The van der Waals surface area contributed by atoms with Crippen LogP contribution in [-0.2, 0) is 4.74 Å². The summed E-state index contributed by atoms with van der Waals surface area (Å²) < 4.78 is 5.33.